The molecule has 0 atom stereocenters. The van der Waals surface area contributed by atoms with Crippen LogP contribution in [0.2, 0.25) is 0 Å². The minimum atomic E-state index is 0.117. The molecule has 0 unspecified atom stereocenters. The highest BCUT2D eigenvalue weighted by atomic mass is 16.5. The van der Waals surface area contributed by atoms with Crippen molar-refractivity contribution in [2.45, 2.75) is 6.92 Å². The summed E-state index contributed by atoms with van der Waals surface area (Å²) in [5, 5.41) is 14.8. The third-order valence-electron chi connectivity index (χ3n) is 2.52. The van der Waals surface area contributed by atoms with E-state index in [4.69, 9.17) is 15.2 Å². The van der Waals surface area contributed by atoms with Crippen molar-refractivity contribution >= 4 is 11.7 Å². The second-order valence-corrected chi connectivity index (χ2v) is 3.68. The maximum Gasteiger partial charge on any atom is 0.263 e. The lowest BCUT2D eigenvalue weighted by Gasteiger charge is -2.09. The Labute approximate surface area is 109 Å². The van der Waals surface area contributed by atoms with Gasteiger partial charge in [0.25, 0.3) is 5.95 Å². The van der Waals surface area contributed by atoms with Crippen LogP contribution in [-0.2, 0) is 0 Å². The van der Waals surface area contributed by atoms with E-state index >= 15 is 0 Å². The monoisotopic (exact) mass is 262 g/mol. The molecule has 0 bridgehead atoms. The van der Waals surface area contributed by atoms with Gasteiger partial charge in [-0.15, -0.1) is 0 Å². The highest BCUT2D eigenvalue weighted by Crippen LogP contribution is 2.25. The van der Waals surface area contributed by atoms with Crippen molar-refractivity contribution in [3.63, 3.8) is 0 Å². The van der Waals surface area contributed by atoms with Crippen molar-refractivity contribution in [3.05, 3.63) is 23.8 Å². The quantitative estimate of drug-likeness (QED) is 0.807. The molecular weight excluding hydrogens is 248 g/mol. The van der Waals surface area contributed by atoms with Crippen molar-refractivity contribution in [1.29, 1.82) is 0 Å². The van der Waals surface area contributed by atoms with Crippen LogP contribution in [0.25, 0.3) is 0 Å². The number of anilines is 1. The molecule has 1 aromatic heterocycles. The Morgan fingerprint density at radius 1 is 1.32 bits per heavy atom. The zero-order chi connectivity index (χ0) is 13.8. The minimum absolute atomic E-state index is 0.117. The second-order valence-electron chi connectivity index (χ2n) is 3.68. The first kappa shape index (κ1) is 12.8. The van der Waals surface area contributed by atoms with Gasteiger partial charge < -0.3 is 15.2 Å². The van der Waals surface area contributed by atoms with Gasteiger partial charge in [0.2, 0.25) is 0 Å². The summed E-state index contributed by atoms with van der Waals surface area (Å²) in [7, 11) is 3.17. The first-order chi connectivity index (χ1) is 9.15. The number of benzene rings is 1. The van der Waals surface area contributed by atoms with Crippen molar-refractivity contribution in [2.24, 2.45) is 5.10 Å². The van der Waals surface area contributed by atoms with Crippen LogP contribution in [0.4, 0.5) is 5.95 Å². The molecule has 8 heteroatoms. The van der Waals surface area contributed by atoms with E-state index in [1.807, 2.05) is 19.1 Å². The zero-order valence-corrected chi connectivity index (χ0v) is 10.9. The molecule has 0 saturated heterocycles. The Bertz CT molecular complexity index is 607. The summed E-state index contributed by atoms with van der Waals surface area (Å²) in [5.41, 5.74) is 7.02. The standard InChI is InChI=1S/C11H14N6O2/c1-7(14-17-11(12)13-15-16-17)9-5-4-8(18-2)6-10(9)19-3/h4-6H,1-3H3,(H2,12,13,16). The van der Waals surface area contributed by atoms with Crippen LogP contribution in [0.1, 0.15) is 12.5 Å². The van der Waals surface area contributed by atoms with Crippen molar-refractivity contribution in [2.75, 3.05) is 20.0 Å². The van der Waals surface area contributed by atoms with Gasteiger partial charge in [0.15, 0.2) is 0 Å². The molecule has 2 N–H and O–H groups in total. The van der Waals surface area contributed by atoms with Crippen LogP contribution in [0, 0.1) is 0 Å². The van der Waals surface area contributed by atoms with Gasteiger partial charge in [0, 0.05) is 11.6 Å². The first-order valence-electron chi connectivity index (χ1n) is 5.47. The van der Waals surface area contributed by atoms with E-state index in [1.54, 1.807) is 20.3 Å². The molecule has 1 aromatic carbocycles. The number of nitrogens with zero attached hydrogens (tertiary/aromatic N) is 5. The molecule has 8 nitrogen and oxygen atoms in total. The highest BCUT2D eigenvalue weighted by Gasteiger charge is 2.09. The molecule has 19 heavy (non-hydrogen) atoms. The predicted molar refractivity (Wildman–Crippen MR) is 69.4 cm³/mol. The molecule has 0 aliphatic heterocycles. The van der Waals surface area contributed by atoms with Gasteiger partial charge in [-0.2, -0.15) is 5.10 Å². The summed E-state index contributed by atoms with van der Waals surface area (Å²) < 4.78 is 10.4. The van der Waals surface area contributed by atoms with E-state index in [0.29, 0.717) is 17.2 Å². The maximum absolute atomic E-state index is 5.55. The van der Waals surface area contributed by atoms with Crippen LogP contribution in [0.5, 0.6) is 11.5 Å². The Morgan fingerprint density at radius 3 is 2.68 bits per heavy atom. The normalized spacial score (nSPS) is 11.4. The fourth-order valence-electron chi connectivity index (χ4n) is 1.55. The van der Waals surface area contributed by atoms with Gasteiger partial charge in [-0.3, -0.25) is 0 Å². The molecule has 1 heterocycles. The lowest BCUT2D eigenvalue weighted by atomic mass is 10.1. The van der Waals surface area contributed by atoms with Crippen molar-refractivity contribution in [1.82, 2.24) is 20.3 Å². The van der Waals surface area contributed by atoms with Crippen LogP contribution in [-0.4, -0.2) is 40.2 Å². The number of hydrogen-bond donors (Lipinski definition) is 1. The summed E-state index contributed by atoms with van der Waals surface area (Å²) in [6.07, 6.45) is 0. The van der Waals surface area contributed by atoms with E-state index in [0.717, 1.165) is 10.4 Å². The molecule has 2 rings (SSSR count). The largest absolute Gasteiger partial charge is 0.497 e. The lowest BCUT2D eigenvalue weighted by molar-refractivity contribution is 0.394. The summed E-state index contributed by atoms with van der Waals surface area (Å²) in [4.78, 5) is 1.15. The SMILES string of the molecule is COc1ccc(C(C)=Nn2nnnc2N)c(OC)c1. The third kappa shape index (κ3) is 2.62. The predicted octanol–water partition coefficient (Wildman–Crippen LogP) is 0.545. The molecule has 0 spiro atoms. The topological polar surface area (TPSA) is 100 Å². The lowest BCUT2D eigenvalue weighted by Crippen LogP contribution is -2.06. The Morgan fingerprint density at radius 2 is 2.11 bits per heavy atom. The number of methoxy groups -OCH3 is 2. The van der Waals surface area contributed by atoms with Crippen LogP contribution in [0.15, 0.2) is 23.3 Å². The summed E-state index contributed by atoms with van der Waals surface area (Å²) in [6.45, 7) is 1.81. The molecule has 2 aromatic rings. The highest BCUT2D eigenvalue weighted by molar-refractivity contribution is 6.01. The van der Waals surface area contributed by atoms with E-state index in [2.05, 4.69) is 20.6 Å². The van der Waals surface area contributed by atoms with Gasteiger partial charge in [0.05, 0.1) is 19.9 Å². The fourth-order valence-corrected chi connectivity index (χ4v) is 1.55. The first-order valence-corrected chi connectivity index (χ1v) is 5.47. The van der Waals surface area contributed by atoms with Crippen molar-refractivity contribution in [3.8, 4) is 11.5 Å². The number of hydrogen-bond acceptors (Lipinski definition) is 7. The number of rotatable bonds is 4. The average molecular weight is 262 g/mol. The minimum Gasteiger partial charge on any atom is -0.497 e. The van der Waals surface area contributed by atoms with Gasteiger partial charge in [0.1, 0.15) is 11.5 Å². The average Bonchev–Trinajstić information content (AvgIpc) is 2.83. The number of nitrogens with two attached hydrogens (primary N) is 1. The van der Waals surface area contributed by atoms with E-state index in [9.17, 15) is 0 Å². The van der Waals surface area contributed by atoms with E-state index in [1.165, 1.54) is 0 Å². The second kappa shape index (κ2) is 5.34. The number of aromatic nitrogens is 4. The van der Waals surface area contributed by atoms with Crippen molar-refractivity contribution < 1.29 is 9.47 Å². The number of nitrogen functional groups attached to an aromatic ring is 1. The van der Waals surface area contributed by atoms with Crippen LogP contribution >= 0.6 is 0 Å². The maximum atomic E-state index is 5.55. The number of ether oxygens (including phenoxy) is 2. The van der Waals surface area contributed by atoms with Gasteiger partial charge in [-0.1, -0.05) is 9.89 Å². The molecule has 0 aliphatic rings. The molecule has 100 valence electrons. The fraction of sp³-hybridized carbons (Fsp3) is 0.273. The Balaban J connectivity index is 2.41. The number of tetrazole rings is 1. The molecule has 0 fully saturated rings. The Hall–Kier alpha value is -2.64. The van der Waals surface area contributed by atoms with E-state index in [-0.39, 0.29) is 5.95 Å². The smallest absolute Gasteiger partial charge is 0.263 e. The summed E-state index contributed by atoms with van der Waals surface area (Å²) in [5.74, 6) is 1.47. The molecule has 0 saturated carbocycles. The molecular formula is C11H14N6O2. The van der Waals surface area contributed by atoms with Gasteiger partial charge >= 0.3 is 0 Å². The molecule has 0 aliphatic carbocycles. The van der Waals surface area contributed by atoms with Gasteiger partial charge in [-0.25, -0.2) is 0 Å². The zero-order valence-electron chi connectivity index (χ0n) is 10.9. The molecule has 0 amide bonds. The van der Waals surface area contributed by atoms with Crippen LogP contribution in [0.3, 0.4) is 0 Å². The van der Waals surface area contributed by atoms with Gasteiger partial charge in [-0.05, 0) is 29.5 Å². The third-order valence-corrected chi connectivity index (χ3v) is 2.52. The van der Waals surface area contributed by atoms with Crippen LogP contribution < -0.4 is 15.2 Å². The summed E-state index contributed by atoms with van der Waals surface area (Å²) >= 11 is 0. The molecule has 0 radical (unpaired) electrons. The van der Waals surface area contributed by atoms with E-state index < -0.39 is 0 Å². The summed E-state index contributed by atoms with van der Waals surface area (Å²) in [6, 6.07) is 5.44. The Kier molecular flexibility index (Phi) is 3.60.